The molecule has 0 aliphatic carbocycles. The number of aromatic nitrogens is 3. The molecule has 19 heavy (non-hydrogen) atoms. The molecule has 1 fully saturated rings. The number of halogens is 1. The quantitative estimate of drug-likeness (QED) is 0.873. The van der Waals surface area contributed by atoms with Gasteiger partial charge in [0.05, 0.1) is 5.69 Å². The van der Waals surface area contributed by atoms with E-state index in [4.69, 9.17) is 9.84 Å². The van der Waals surface area contributed by atoms with Crippen LogP contribution in [0.15, 0.2) is 17.0 Å². The molecule has 0 saturated carbocycles. The van der Waals surface area contributed by atoms with Crippen molar-refractivity contribution in [1.82, 2.24) is 14.4 Å². The standard InChI is InChI=1S/C12H14BrN3O.CH4O/c1-8-10-11(13)15-12(16(10)5-4-14-8)9-2-6-17-7-3-9;1-2/h4-5,9H,2-3,6-7H2,1H3;2H,1H3. The van der Waals surface area contributed by atoms with E-state index < -0.39 is 0 Å². The zero-order chi connectivity index (χ0) is 13.8. The van der Waals surface area contributed by atoms with Gasteiger partial charge in [0.2, 0.25) is 0 Å². The van der Waals surface area contributed by atoms with E-state index in [0.29, 0.717) is 5.92 Å². The minimum Gasteiger partial charge on any atom is -0.400 e. The summed E-state index contributed by atoms with van der Waals surface area (Å²) in [6.45, 7) is 3.68. The van der Waals surface area contributed by atoms with Crippen molar-refractivity contribution in [3.05, 3.63) is 28.5 Å². The van der Waals surface area contributed by atoms with Crippen LogP contribution in [0.5, 0.6) is 0 Å². The molecule has 0 bridgehead atoms. The van der Waals surface area contributed by atoms with E-state index in [9.17, 15) is 0 Å². The minimum atomic E-state index is 0.490. The fourth-order valence-electron chi connectivity index (χ4n) is 2.41. The van der Waals surface area contributed by atoms with Crippen molar-refractivity contribution in [2.45, 2.75) is 25.7 Å². The van der Waals surface area contributed by atoms with Gasteiger partial charge in [-0.25, -0.2) is 4.98 Å². The summed E-state index contributed by atoms with van der Waals surface area (Å²) in [4.78, 5) is 8.97. The second-order valence-electron chi connectivity index (χ2n) is 4.38. The van der Waals surface area contributed by atoms with E-state index in [0.717, 1.165) is 54.8 Å². The largest absolute Gasteiger partial charge is 0.400 e. The fraction of sp³-hybridized carbons (Fsp3) is 0.538. The lowest BCUT2D eigenvalue weighted by Gasteiger charge is -2.20. The van der Waals surface area contributed by atoms with Gasteiger partial charge in [-0.1, -0.05) is 0 Å². The molecule has 0 radical (unpaired) electrons. The zero-order valence-electron chi connectivity index (χ0n) is 11.1. The summed E-state index contributed by atoms with van der Waals surface area (Å²) in [7, 11) is 1.00. The smallest absolute Gasteiger partial charge is 0.134 e. The Morgan fingerprint density at radius 2 is 2.05 bits per heavy atom. The van der Waals surface area contributed by atoms with Gasteiger partial charge in [-0.05, 0) is 35.7 Å². The highest BCUT2D eigenvalue weighted by atomic mass is 79.9. The maximum absolute atomic E-state index is 7.00. The number of nitrogens with zero attached hydrogens (tertiary/aromatic N) is 3. The molecule has 2 aromatic heterocycles. The molecule has 0 aromatic carbocycles. The number of aliphatic hydroxyl groups is 1. The van der Waals surface area contributed by atoms with Crippen LogP contribution in [0.25, 0.3) is 5.52 Å². The van der Waals surface area contributed by atoms with E-state index >= 15 is 0 Å². The van der Waals surface area contributed by atoms with Gasteiger partial charge >= 0.3 is 0 Å². The molecule has 0 amide bonds. The number of aliphatic hydroxyl groups excluding tert-OH is 1. The normalized spacial score (nSPS) is 16.2. The summed E-state index contributed by atoms with van der Waals surface area (Å²) < 4.78 is 8.45. The van der Waals surface area contributed by atoms with Crippen LogP contribution in [0.1, 0.15) is 30.3 Å². The first kappa shape index (κ1) is 14.4. The lowest BCUT2D eigenvalue weighted by Crippen LogP contribution is -2.16. The number of hydrogen-bond acceptors (Lipinski definition) is 4. The first-order chi connectivity index (χ1) is 9.27. The van der Waals surface area contributed by atoms with Gasteiger partial charge in [-0.15, -0.1) is 0 Å². The van der Waals surface area contributed by atoms with Gasteiger partial charge in [0.1, 0.15) is 15.9 Å². The third-order valence-corrected chi connectivity index (χ3v) is 3.86. The maximum atomic E-state index is 7.00. The number of imidazole rings is 1. The second kappa shape index (κ2) is 6.45. The molecular weight excluding hydrogens is 310 g/mol. The molecule has 6 heteroatoms. The van der Waals surface area contributed by atoms with Crippen LogP contribution in [-0.4, -0.2) is 39.8 Å². The Kier molecular flexibility index (Phi) is 4.90. The summed E-state index contributed by atoms with van der Waals surface area (Å²) in [6.07, 6.45) is 5.92. The maximum Gasteiger partial charge on any atom is 0.134 e. The van der Waals surface area contributed by atoms with Crippen molar-refractivity contribution in [3.63, 3.8) is 0 Å². The first-order valence-electron chi connectivity index (χ1n) is 6.29. The Hall–Kier alpha value is -0.980. The van der Waals surface area contributed by atoms with E-state index in [1.807, 2.05) is 19.3 Å². The second-order valence-corrected chi connectivity index (χ2v) is 5.13. The summed E-state index contributed by atoms with van der Waals surface area (Å²) in [5.74, 6) is 1.62. The third-order valence-electron chi connectivity index (χ3n) is 3.31. The molecule has 2 aromatic rings. The number of ether oxygens (including phenoxy) is 1. The van der Waals surface area contributed by atoms with Gasteiger partial charge in [-0.2, -0.15) is 0 Å². The van der Waals surface area contributed by atoms with E-state index in [-0.39, 0.29) is 0 Å². The van der Waals surface area contributed by atoms with Crippen LogP contribution in [0.2, 0.25) is 0 Å². The molecule has 1 aliphatic heterocycles. The van der Waals surface area contributed by atoms with Gasteiger partial charge in [-0.3, -0.25) is 9.38 Å². The molecule has 1 N–H and O–H groups in total. The summed E-state index contributed by atoms with van der Waals surface area (Å²) in [5, 5.41) is 7.00. The van der Waals surface area contributed by atoms with Crippen molar-refractivity contribution in [2.75, 3.05) is 20.3 Å². The number of aryl methyl sites for hydroxylation is 1. The van der Waals surface area contributed by atoms with Gasteiger partial charge in [0.15, 0.2) is 0 Å². The number of hydrogen-bond donors (Lipinski definition) is 1. The topological polar surface area (TPSA) is 59.7 Å². The molecule has 104 valence electrons. The van der Waals surface area contributed by atoms with Crippen molar-refractivity contribution in [3.8, 4) is 0 Å². The van der Waals surface area contributed by atoms with E-state index in [1.54, 1.807) is 0 Å². The highest BCUT2D eigenvalue weighted by molar-refractivity contribution is 9.10. The Morgan fingerprint density at radius 3 is 2.74 bits per heavy atom. The lowest BCUT2D eigenvalue weighted by atomic mass is 10.00. The summed E-state index contributed by atoms with van der Waals surface area (Å²) in [5.41, 5.74) is 2.08. The van der Waals surface area contributed by atoms with Crippen molar-refractivity contribution >= 4 is 21.4 Å². The third kappa shape index (κ3) is 2.80. The molecule has 0 spiro atoms. The van der Waals surface area contributed by atoms with Gasteiger partial charge < -0.3 is 9.84 Å². The zero-order valence-corrected chi connectivity index (χ0v) is 12.7. The van der Waals surface area contributed by atoms with E-state index in [1.165, 1.54) is 0 Å². The average Bonchev–Trinajstić information content (AvgIpc) is 2.81. The van der Waals surface area contributed by atoms with Crippen LogP contribution >= 0.6 is 15.9 Å². The van der Waals surface area contributed by atoms with Crippen molar-refractivity contribution < 1.29 is 9.84 Å². The predicted molar refractivity (Wildman–Crippen MR) is 76.4 cm³/mol. The monoisotopic (exact) mass is 327 g/mol. The molecular formula is C13H18BrN3O2. The minimum absolute atomic E-state index is 0.490. The Bertz CT molecular complexity index is 550. The SMILES string of the molecule is CO.Cc1nccn2c(C3CCOCC3)nc(Br)c12. The number of fused-ring (bicyclic) bond motifs is 1. The van der Waals surface area contributed by atoms with Crippen LogP contribution in [0.3, 0.4) is 0 Å². The Balaban J connectivity index is 0.000000637. The van der Waals surface area contributed by atoms with Crippen molar-refractivity contribution in [2.24, 2.45) is 0 Å². The predicted octanol–water partition coefficient (Wildman–Crippen LogP) is 2.30. The van der Waals surface area contributed by atoms with Gasteiger partial charge in [0.25, 0.3) is 0 Å². The average molecular weight is 328 g/mol. The van der Waals surface area contributed by atoms with Gasteiger partial charge in [0, 0.05) is 38.6 Å². The first-order valence-corrected chi connectivity index (χ1v) is 7.08. The van der Waals surface area contributed by atoms with Crippen LogP contribution in [-0.2, 0) is 4.74 Å². The summed E-state index contributed by atoms with van der Waals surface area (Å²) >= 11 is 3.53. The van der Waals surface area contributed by atoms with Crippen LogP contribution in [0.4, 0.5) is 0 Å². The highest BCUT2D eigenvalue weighted by Crippen LogP contribution is 2.30. The molecule has 0 unspecified atom stereocenters. The van der Waals surface area contributed by atoms with Crippen LogP contribution in [0, 0.1) is 6.92 Å². The lowest BCUT2D eigenvalue weighted by molar-refractivity contribution is 0.0834. The highest BCUT2D eigenvalue weighted by Gasteiger charge is 2.22. The Morgan fingerprint density at radius 1 is 1.37 bits per heavy atom. The molecule has 0 atom stereocenters. The summed E-state index contributed by atoms with van der Waals surface area (Å²) in [6, 6.07) is 0. The molecule has 3 heterocycles. The Labute approximate surface area is 120 Å². The molecule has 3 rings (SSSR count). The number of rotatable bonds is 1. The molecule has 1 aliphatic rings. The van der Waals surface area contributed by atoms with Crippen molar-refractivity contribution in [1.29, 1.82) is 0 Å². The molecule has 5 nitrogen and oxygen atoms in total. The van der Waals surface area contributed by atoms with E-state index in [2.05, 4.69) is 30.3 Å². The van der Waals surface area contributed by atoms with Crippen LogP contribution < -0.4 is 0 Å². The molecule has 1 saturated heterocycles. The fourth-order valence-corrected chi connectivity index (χ4v) is 3.07.